The lowest BCUT2D eigenvalue weighted by atomic mass is 10.1. The summed E-state index contributed by atoms with van der Waals surface area (Å²) in [6, 6.07) is 9.51. The van der Waals surface area contributed by atoms with Gasteiger partial charge in [-0.05, 0) is 55.5 Å². The van der Waals surface area contributed by atoms with Gasteiger partial charge >= 0.3 is 12.0 Å². The van der Waals surface area contributed by atoms with E-state index in [0.717, 1.165) is 4.90 Å². The van der Waals surface area contributed by atoms with Crippen LogP contribution in [-0.2, 0) is 14.3 Å². The number of hydrogen-bond donors (Lipinski definition) is 1. The maximum Gasteiger partial charge on any atom is 0.338 e. The molecule has 1 fully saturated rings. The molecule has 154 valence electrons. The molecule has 1 heterocycles. The van der Waals surface area contributed by atoms with Crippen LogP contribution in [0.1, 0.15) is 22.8 Å². The van der Waals surface area contributed by atoms with E-state index in [2.05, 4.69) is 5.32 Å². The molecule has 2 aromatic carbocycles. The number of benzene rings is 2. The molecule has 0 spiro atoms. The van der Waals surface area contributed by atoms with Crippen LogP contribution in [0.5, 0.6) is 5.75 Å². The first-order chi connectivity index (χ1) is 14.3. The van der Waals surface area contributed by atoms with Crippen molar-refractivity contribution in [1.29, 1.82) is 0 Å². The second-order valence-electron chi connectivity index (χ2n) is 6.11. The molecule has 1 aliphatic heterocycles. The van der Waals surface area contributed by atoms with E-state index in [1.165, 1.54) is 43.5 Å². The van der Waals surface area contributed by atoms with Gasteiger partial charge in [0.15, 0.2) is 0 Å². The smallest absolute Gasteiger partial charge is 0.338 e. The van der Waals surface area contributed by atoms with Gasteiger partial charge in [0.1, 0.15) is 11.3 Å². The van der Waals surface area contributed by atoms with Crippen LogP contribution in [0.2, 0.25) is 5.02 Å². The number of methoxy groups -OCH3 is 1. The second-order valence-corrected chi connectivity index (χ2v) is 6.55. The molecule has 30 heavy (non-hydrogen) atoms. The van der Waals surface area contributed by atoms with Gasteiger partial charge in [-0.2, -0.15) is 0 Å². The summed E-state index contributed by atoms with van der Waals surface area (Å²) in [7, 11) is 1.44. The molecular weight excluding hydrogens is 412 g/mol. The Kier molecular flexibility index (Phi) is 6.17. The highest BCUT2D eigenvalue weighted by molar-refractivity contribution is 6.39. The highest BCUT2D eigenvalue weighted by atomic mass is 35.5. The largest absolute Gasteiger partial charge is 0.496 e. The van der Waals surface area contributed by atoms with E-state index in [1.807, 2.05) is 0 Å². The zero-order chi connectivity index (χ0) is 21.8. The van der Waals surface area contributed by atoms with Crippen molar-refractivity contribution in [3.63, 3.8) is 0 Å². The SMILES string of the molecule is CCOC(=O)c1ccc(N2C(=O)NC(=O)/C(=C\c3cc(Cl)ccc3OC)C2=O)cc1. The Morgan fingerprint density at radius 1 is 1.13 bits per heavy atom. The molecule has 8 nitrogen and oxygen atoms in total. The lowest BCUT2D eigenvalue weighted by Gasteiger charge is -2.26. The van der Waals surface area contributed by atoms with Crippen LogP contribution in [0, 0.1) is 0 Å². The third kappa shape index (κ3) is 4.18. The fourth-order valence-corrected chi connectivity index (χ4v) is 3.01. The van der Waals surface area contributed by atoms with Crippen molar-refractivity contribution in [1.82, 2.24) is 5.32 Å². The quantitative estimate of drug-likeness (QED) is 0.446. The van der Waals surface area contributed by atoms with E-state index in [1.54, 1.807) is 19.1 Å². The number of amides is 4. The number of ether oxygens (including phenoxy) is 2. The van der Waals surface area contributed by atoms with Gasteiger partial charge in [0.25, 0.3) is 11.8 Å². The summed E-state index contributed by atoms with van der Waals surface area (Å²) in [5.41, 5.74) is 0.572. The maximum absolute atomic E-state index is 13.0. The molecule has 0 saturated carbocycles. The van der Waals surface area contributed by atoms with Crippen LogP contribution in [-0.4, -0.2) is 37.5 Å². The minimum absolute atomic E-state index is 0.182. The normalized spacial score (nSPS) is 15.2. The van der Waals surface area contributed by atoms with Crippen LogP contribution in [0.4, 0.5) is 10.5 Å². The zero-order valence-electron chi connectivity index (χ0n) is 16.1. The first kappa shape index (κ1) is 21.1. The van der Waals surface area contributed by atoms with Crippen LogP contribution in [0.3, 0.4) is 0 Å². The van der Waals surface area contributed by atoms with Crippen molar-refractivity contribution in [3.05, 3.63) is 64.2 Å². The molecule has 0 bridgehead atoms. The fourth-order valence-electron chi connectivity index (χ4n) is 2.83. The number of barbiturate groups is 1. The molecule has 0 unspecified atom stereocenters. The molecule has 0 atom stereocenters. The van der Waals surface area contributed by atoms with Crippen molar-refractivity contribution in [2.45, 2.75) is 6.92 Å². The molecule has 2 aromatic rings. The Morgan fingerprint density at radius 3 is 2.47 bits per heavy atom. The number of esters is 1. The summed E-state index contributed by atoms with van der Waals surface area (Å²) < 4.78 is 10.1. The van der Waals surface area contributed by atoms with Crippen LogP contribution in [0.25, 0.3) is 6.08 Å². The van der Waals surface area contributed by atoms with Gasteiger partial charge in [-0.3, -0.25) is 14.9 Å². The number of carbonyl (C=O) groups is 4. The number of anilines is 1. The number of halogens is 1. The van der Waals surface area contributed by atoms with Gasteiger partial charge in [0, 0.05) is 10.6 Å². The lowest BCUT2D eigenvalue weighted by molar-refractivity contribution is -0.122. The van der Waals surface area contributed by atoms with Crippen LogP contribution in [0.15, 0.2) is 48.0 Å². The number of carbonyl (C=O) groups excluding carboxylic acids is 4. The molecule has 0 radical (unpaired) electrons. The van der Waals surface area contributed by atoms with E-state index >= 15 is 0 Å². The monoisotopic (exact) mass is 428 g/mol. The van der Waals surface area contributed by atoms with Gasteiger partial charge in [0.2, 0.25) is 0 Å². The lowest BCUT2D eigenvalue weighted by Crippen LogP contribution is -2.54. The molecule has 0 aliphatic carbocycles. The molecule has 1 aliphatic rings. The third-order valence-corrected chi connectivity index (χ3v) is 4.47. The summed E-state index contributed by atoms with van der Waals surface area (Å²) in [4.78, 5) is 50.2. The number of nitrogens with one attached hydrogen (secondary N) is 1. The van der Waals surface area contributed by atoms with Crippen molar-refractivity contribution < 1.29 is 28.7 Å². The summed E-state index contributed by atoms with van der Waals surface area (Å²) in [5, 5.41) is 2.52. The number of hydrogen-bond acceptors (Lipinski definition) is 6. The standard InChI is InChI=1S/C21H17ClN2O6/c1-3-30-20(27)12-4-7-15(8-5-12)24-19(26)16(18(25)23-21(24)28)11-13-10-14(22)6-9-17(13)29-2/h4-11H,3H2,1-2H3,(H,23,25,28)/b16-11+. The van der Waals surface area contributed by atoms with E-state index in [-0.39, 0.29) is 23.4 Å². The average Bonchev–Trinajstić information content (AvgIpc) is 2.72. The maximum atomic E-state index is 13.0. The van der Waals surface area contributed by atoms with Crippen molar-refractivity contribution >= 4 is 47.2 Å². The number of urea groups is 1. The van der Waals surface area contributed by atoms with E-state index in [4.69, 9.17) is 21.1 Å². The van der Waals surface area contributed by atoms with Crippen LogP contribution < -0.4 is 15.0 Å². The van der Waals surface area contributed by atoms with Gasteiger partial charge in [0.05, 0.1) is 25.0 Å². The summed E-state index contributed by atoms with van der Waals surface area (Å²) >= 11 is 6.00. The average molecular weight is 429 g/mol. The Balaban J connectivity index is 1.97. The van der Waals surface area contributed by atoms with Crippen molar-refractivity contribution in [2.24, 2.45) is 0 Å². The first-order valence-electron chi connectivity index (χ1n) is 8.88. The van der Waals surface area contributed by atoms with Crippen LogP contribution >= 0.6 is 11.6 Å². The first-order valence-corrected chi connectivity index (χ1v) is 9.25. The number of rotatable bonds is 5. The van der Waals surface area contributed by atoms with Gasteiger partial charge < -0.3 is 9.47 Å². The van der Waals surface area contributed by atoms with Gasteiger partial charge in [-0.25, -0.2) is 14.5 Å². The Hall–Kier alpha value is -3.65. The van der Waals surface area contributed by atoms with Crippen molar-refractivity contribution in [2.75, 3.05) is 18.6 Å². The third-order valence-electron chi connectivity index (χ3n) is 4.23. The minimum Gasteiger partial charge on any atom is -0.496 e. The van der Waals surface area contributed by atoms with E-state index in [0.29, 0.717) is 16.3 Å². The number of nitrogens with zero attached hydrogens (tertiary/aromatic N) is 1. The predicted octanol–water partition coefficient (Wildman–Crippen LogP) is 3.19. The highest BCUT2D eigenvalue weighted by Crippen LogP contribution is 2.27. The molecule has 4 amide bonds. The molecule has 0 aromatic heterocycles. The second kappa shape index (κ2) is 8.79. The fraction of sp³-hybridized carbons (Fsp3) is 0.143. The molecule has 1 N–H and O–H groups in total. The predicted molar refractivity (Wildman–Crippen MR) is 109 cm³/mol. The molecular formula is C21H17ClN2O6. The van der Waals surface area contributed by atoms with Gasteiger partial charge in [-0.1, -0.05) is 11.6 Å². The van der Waals surface area contributed by atoms with E-state index in [9.17, 15) is 19.2 Å². The molecule has 1 saturated heterocycles. The summed E-state index contributed by atoms with van der Waals surface area (Å²) in [5.74, 6) is -1.79. The highest BCUT2D eigenvalue weighted by Gasteiger charge is 2.37. The summed E-state index contributed by atoms with van der Waals surface area (Å²) in [6.45, 7) is 1.90. The number of imide groups is 2. The van der Waals surface area contributed by atoms with E-state index < -0.39 is 23.8 Å². The topological polar surface area (TPSA) is 102 Å². The molecule has 3 rings (SSSR count). The minimum atomic E-state index is -0.899. The zero-order valence-corrected chi connectivity index (χ0v) is 16.9. The van der Waals surface area contributed by atoms with Gasteiger partial charge in [-0.15, -0.1) is 0 Å². The Morgan fingerprint density at radius 2 is 1.83 bits per heavy atom. The summed E-state index contributed by atoms with van der Waals surface area (Å²) in [6.07, 6.45) is 1.30. The Bertz CT molecular complexity index is 1060. The molecule has 9 heteroatoms. The van der Waals surface area contributed by atoms with Crippen molar-refractivity contribution in [3.8, 4) is 5.75 Å². The Labute approximate surface area is 177 Å².